The Bertz CT molecular complexity index is 648. The van der Waals surface area contributed by atoms with Gasteiger partial charge < -0.3 is 14.7 Å². The van der Waals surface area contributed by atoms with Gasteiger partial charge in [0.1, 0.15) is 5.69 Å². The Morgan fingerprint density at radius 3 is 2.36 bits per heavy atom. The van der Waals surface area contributed by atoms with Crippen LogP contribution in [0.25, 0.3) is 0 Å². The van der Waals surface area contributed by atoms with Crippen LogP contribution in [0, 0.1) is 10.1 Å². The van der Waals surface area contributed by atoms with E-state index in [1.54, 1.807) is 12.1 Å². The summed E-state index contributed by atoms with van der Waals surface area (Å²) in [6.45, 7) is 3.09. The first-order valence-electron chi connectivity index (χ1n) is 8.96. The van der Waals surface area contributed by atoms with E-state index in [4.69, 9.17) is 0 Å². The molecule has 1 aromatic carbocycles. The molecule has 0 aromatic heterocycles. The molecule has 2 fully saturated rings. The number of nitro groups is 1. The molecule has 0 spiro atoms. The number of piperidine rings is 1. The lowest BCUT2D eigenvalue weighted by Crippen LogP contribution is -2.42. The zero-order chi connectivity index (χ0) is 18.0. The van der Waals surface area contributed by atoms with Crippen LogP contribution >= 0.6 is 0 Å². The predicted octanol–water partition coefficient (Wildman–Crippen LogP) is 2.36. The van der Waals surface area contributed by atoms with Gasteiger partial charge in [0.25, 0.3) is 11.6 Å². The van der Waals surface area contributed by atoms with Crippen LogP contribution < -0.4 is 4.90 Å². The molecule has 7 nitrogen and oxygen atoms in total. The van der Waals surface area contributed by atoms with Crippen molar-refractivity contribution in [1.82, 2.24) is 9.80 Å². The molecule has 0 N–H and O–H groups in total. The quantitative estimate of drug-likeness (QED) is 0.618. The molecule has 2 aliphatic heterocycles. The number of amides is 1. The Balaban J connectivity index is 1.84. The molecular formula is C18H26N4O3. The molecule has 136 valence electrons. The first kappa shape index (κ1) is 17.7. The molecule has 7 heteroatoms. The Kier molecular flexibility index (Phi) is 5.22. The van der Waals surface area contributed by atoms with Crippen molar-refractivity contribution >= 4 is 17.3 Å². The van der Waals surface area contributed by atoms with E-state index in [1.807, 2.05) is 4.90 Å². The van der Waals surface area contributed by atoms with Crippen LogP contribution in [0.3, 0.4) is 0 Å². The van der Waals surface area contributed by atoms with E-state index < -0.39 is 0 Å². The van der Waals surface area contributed by atoms with Gasteiger partial charge in [-0.15, -0.1) is 0 Å². The fourth-order valence-electron chi connectivity index (χ4n) is 3.79. The third kappa shape index (κ3) is 3.76. The lowest BCUT2D eigenvalue weighted by molar-refractivity contribution is -0.384. The molecular weight excluding hydrogens is 320 g/mol. The molecule has 2 heterocycles. The van der Waals surface area contributed by atoms with Gasteiger partial charge in [-0.3, -0.25) is 14.9 Å². The second-order valence-corrected chi connectivity index (χ2v) is 7.14. The van der Waals surface area contributed by atoms with E-state index in [2.05, 4.69) is 23.9 Å². The molecule has 0 aliphatic carbocycles. The number of anilines is 1. The van der Waals surface area contributed by atoms with Crippen molar-refractivity contribution in [1.29, 1.82) is 0 Å². The van der Waals surface area contributed by atoms with Crippen LogP contribution in [0.2, 0.25) is 0 Å². The van der Waals surface area contributed by atoms with Crippen molar-refractivity contribution in [2.24, 2.45) is 0 Å². The molecule has 2 aliphatic rings. The second kappa shape index (κ2) is 7.39. The molecule has 0 atom stereocenters. The minimum absolute atomic E-state index is 0.0168. The van der Waals surface area contributed by atoms with Crippen LogP contribution in [-0.4, -0.2) is 66.9 Å². The van der Waals surface area contributed by atoms with Crippen molar-refractivity contribution in [3.05, 3.63) is 33.9 Å². The van der Waals surface area contributed by atoms with Crippen molar-refractivity contribution in [2.75, 3.05) is 45.2 Å². The summed E-state index contributed by atoms with van der Waals surface area (Å²) in [5, 5.41) is 11.4. The average Bonchev–Trinajstić information content (AvgIpc) is 3.15. The third-order valence-corrected chi connectivity index (χ3v) is 5.35. The Hall–Kier alpha value is -2.15. The van der Waals surface area contributed by atoms with Gasteiger partial charge in [0.2, 0.25) is 0 Å². The van der Waals surface area contributed by atoms with Gasteiger partial charge in [-0.2, -0.15) is 0 Å². The number of hydrogen-bond donors (Lipinski definition) is 0. The smallest absolute Gasteiger partial charge is 0.292 e. The van der Waals surface area contributed by atoms with Gasteiger partial charge >= 0.3 is 0 Å². The number of likely N-dealkylation sites (tertiary alicyclic amines) is 1. The number of carbonyl (C=O) groups is 1. The highest BCUT2D eigenvalue weighted by atomic mass is 16.6. The molecule has 1 aromatic rings. The third-order valence-electron chi connectivity index (χ3n) is 5.35. The maximum atomic E-state index is 12.6. The number of rotatable bonds is 4. The molecule has 0 saturated carbocycles. The van der Waals surface area contributed by atoms with Gasteiger partial charge in [0, 0.05) is 43.9 Å². The fourth-order valence-corrected chi connectivity index (χ4v) is 3.79. The van der Waals surface area contributed by atoms with Gasteiger partial charge in [0.15, 0.2) is 0 Å². The Morgan fingerprint density at radius 1 is 1.16 bits per heavy atom. The molecule has 0 unspecified atom stereocenters. The van der Waals surface area contributed by atoms with Gasteiger partial charge in [0.05, 0.1) is 4.92 Å². The summed E-state index contributed by atoms with van der Waals surface area (Å²) in [6, 6.07) is 5.30. The van der Waals surface area contributed by atoms with Crippen molar-refractivity contribution < 1.29 is 9.72 Å². The molecule has 3 rings (SSSR count). The monoisotopic (exact) mass is 346 g/mol. The van der Waals surface area contributed by atoms with Crippen LogP contribution in [-0.2, 0) is 0 Å². The molecule has 0 bridgehead atoms. The van der Waals surface area contributed by atoms with E-state index in [9.17, 15) is 14.9 Å². The van der Waals surface area contributed by atoms with Gasteiger partial charge in [-0.1, -0.05) is 0 Å². The average molecular weight is 346 g/mol. The maximum Gasteiger partial charge on any atom is 0.292 e. The summed E-state index contributed by atoms with van der Waals surface area (Å²) >= 11 is 0. The maximum absolute atomic E-state index is 12.6. The number of benzene rings is 1. The van der Waals surface area contributed by atoms with E-state index in [1.165, 1.54) is 6.07 Å². The zero-order valence-corrected chi connectivity index (χ0v) is 15.0. The lowest BCUT2D eigenvalue weighted by atomic mass is 10.0. The molecule has 1 amide bonds. The summed E-state index contributed by atoms with van der Waals surface area (Å²) in [5.41, 5.74) is 1.21. The number of carbonyl (C=O) groups excluding carboxylic acids is 1. The van der Waals surface area contributed by atoms with Crippen molar-refractivity contribution in [2.45, 2.75) is 31.7 Å². The SMILES string of the molecule is CN(C)C1CCN(c2cc(C(=O)N3CCCC3)ccc2[N+](=O)[O-])CC1. The van der Waals surface area contributed by atoms with Crippen molar-refractivity contribution in [3.63, 3.8) is 0 Å². The summed E-state index contributed by atoms with van der Waals surface area (Å²) < 4.78 is 0. The van der Waals surface area contributed by atoms with E-state index in [-0.39, 0.29) is 16.5 Å². The minimum atomic E-state index is -0.350. The largest absolute Gasteiger partial charge is 0.366 e. The van der Waals surface area contributed by atoms with E-state index in [0.717, 1.165) is 51.9 Å². The van der Waals surface area contributed by atoms with Gasteiger partial charge in [-0.25, -0.2) is 0 Å². The highest BCUT2D eigenvalue weighted by molar-refractivity contribution is 5.96. The first-order valence-corrected chi connectivity index (χ1v) is 8.96. The normalized spacial score (nSPS) is 18.8. The first-order chi connectivity index (χ1) is 12.0. The highest BCUT2D eigenvalue weighted by Crippen LogP contribution is 2.32. The summed E-state index contributed by atoms with van der Waals surface area (Å²) in [7, 11) is 4.14. The minimum Gasteiger partial charge on any atom is -0.366 e. The Morgan fingerprint density at radius 2 is 1.80 bits per heavy atom. The summed E-state index contributed by atoms with van der Waals surface area (Å²) in [5.74, 6) is -0.0168. The molecule has 25 heavy (non-hydrogen) atoms. The Labute approximate surface area is 148 Å². The van der Waals surface area contributed by atoms with E-state index in [0.29, 0.717) is 17.3 Å². The fraction of sp³-hybridized carbons (Fsp3) is 0.611. The number of nitrogens with zero attached hydrogens (tertiary/aromatic N) is 4. The van der Waals surface area contributed by atoms with Crippen molar-refractivity contribution in [3.8, 4) is 0 Å². The van der Waals surface area contributed by atoms with E-state index >= 15 is 0 Å². The number of nitro benzene ring substituents is 1. The standard InChI is InChI=1S/C18H26N4O3/c1-19(2)15-7-11-20(12-8-15)17-13-14(5-6-16(17)22(24)25)18(23)21-9-3-4-10-21/h5-6,13,15H,3-4,7-12H2,1-2H3. The van der Waals surface area contributed by atoms with Crippen LogP contribution in [0.15, 0.2) is 18.2 Å². The number of hydrogen-bond acceptors (Lipinski definition) is 5. The summed E-state index contributed by atoms with van der Waals surface area (Å²) in [4.78, 5) is 29.8. The zero-order valence-electron chi connectivity index (χ0n) is 15.0. The highest BCUT2D eigenvalue weighted by Gasteiger charge is 2.28. The summed E-state index contributed by atoms with van der Waals surface area (Å²) in [6.07, 6.45) is 4.00. The lowest BCUT2D eigenvalue weighted by Gasteiger charge is -2.36. The van der Waals surface area contributed by atoms with Gasteiger partial charge in [-0.05, 0) is 51.9 Å². The predicted molar refractivity (Wildman–Crippen MR) is 97.2 cm³/mol. The molecule has 2 saturated heterocycles. The van der Waals surface area contributed by atoms with Crippen LogP contribution in [0.5, 0.6) is 0 Å². The molecule has 0 radical (unpaired) electrons. The second-order valence-electron chi connectivity index (χ2n) is 7.14. The topological polar surface area (TPSA) is 69.9 Å². The van der Waals surface area contributed by atoms with Crippen LogP contribution in [0.1, 0.15) is 36.0 Å². The van der Waals surface area contributed by atoms with Crippen LogP contribution in [0.4, 0.5) is 11.4 Å².